The third kappa shape index (κ3) is 3.46. The second-order valence-corrected chi connectivity index (χ2v) is 6.82. The molecule has 1 aromatic carbocycles. The first kappa shape index (κ1) is 16.1. The zero-order valence-corrected chi connectivity index (χ0v) is 14.1. The lowest BCUT2D eigenvalue weighted by molar-refractivity contribution is 0.0288. The number of halogens is 1. The van der Waals surface area contributed by atoms with Gasteiger partial charge in [-0.3, -0.25) is 4.90 Å². The predicted octanol–water partition coefficient (Wildman–Crippen LogP) is 2.93. The SMILES string of the molecule is Cc1ccc(F)cc1-n1ccnc1C(C)(C)CN1CCOCC1. The molecule has 0 spiro atoms. The predicted molar refractivity (Wildman–Crippen MR) is 88.5 cm³/mol. The molecule has 2 heterocycles. The lowest BCUT2D eigenvalue weighted by Crippen LogP contribution is -2.44. The van der Waals surface area contributed by atoms with Gasteiger partial charge in [-0.2, -0.15) is 0 Å². The number of aryl methyl sites for hydroxylation is 1. The molecule has 0 bridgehead atoms. The number of ether oxygens (including phenoxy) is 1. The van der Waals surface area contributed by atoms with E-state index in [4.69, 9.17) is 4.74 Å². The summed E-state index contributed by atoms with van der Waals surface area (Å²) in [6, 6.07) is 4.88. The molecule has 0 atom stereocenters. The van der Waals surface area contributed by atoms with Gasteiger partial charge in [0, 0.05) is 37.4 Å². The molecule has 0 saturated carbocycles. The number of imidazole rings is 1. The van der Waals surface area contributed by atoms with Crippen molar-refractivity contribution in [3.63, 3.8) is 0 Å². The first-order valence-corrected chi connectivity index (χ1v) is 8.08. The quantitative estimate of drug-likeness (QED) is 0.868. The zero-order valence-electron chi connectivity index (χ0n) is 14.1. The van der Waals surface area contributed by atoms with Crippen molar-refractivity contribution in [3.8, 4) is 5.69 Å². The van der Waals surface area contributed by atoms with Crippen LogP contribution in [0.4, 0.5) is 4.39 Å². The minimum atomic E-state index is -0.226. The fraction of sp³-hybridized carbons (Fsp3) is 0.500. The molecule has 4 nitrogen and oxygen atoms in total. The van der Waals surface area contributed by atoms with Crippen LogP contribution < -0.4 is 0 Å². The van der Waals surface area contributed by atoms with Gasteiger partial charge < -0.3 is 9.30 Å². The molecule has 1 aliphatic rings. The van der Waals surface area contributed by atoms with E-state index in [1.807, 2.05) is 23.8 Å². The van der Waals surface area contributed by atoms with Gasteiger partial charge in [-0.25, -0.2) is 9.37 Å². The van der Waals surface area contributed by atoms with Crippen molar-refractivity contribution in [1.29, 1.82) is 0 Å². The Balaban J connectivity index is 1.91. The largest absolute Gasteiger partial charge is 0.379 e. The second-order valence-electron chi connectivity index (χ2n) is 6.82. The van der Waals surface area contributed by atoms with Gasteiger partial charge in [-0.05, 0) is 24.6 Å². The number of benzene rings is 1. The van der Waals surface area contributed by atoms with E-state index in [2.05, 4.69) is 23.7 Å². The Morgan fingerprint density at radius 2 is 2.00 bits per heavy atom. The molecule has 23 heavy (non-hydrogen) atoms. The van der Waals surface area contributed by atoms with Crippen LogP contribution in [-0.4, -0.2) is 47.3 Å². The Morgan fingerprint density at radius 3 is 2.74 bits per heavy atom. The third-order valence-corrected chi connectivity index (χ3v) is 4.40. The van der Waals surface area contributed by atoms with E-state index in [0.29, 0.717) is 0 Å². The van der Waals surface area contributed by atoms with E-state index in [-0.39, 0.29) is 11.2 Å². The Kier molecular flexibility index (Phi) is 4.50. The summed E-state index contributed by atoms with van der Waals surface area (Å²) in [5, 5.41) is 0. The second kappa shape index (κ2) is 6.42. The van der Waals surface area contributed by atoms with E-state index in [9.17, 15) is 4.39 Å². The van der Waals surface area contributed by atoms with E-state index >= 15 is 0 Å². The molecule has 0 unspecified atom stereocenters. The van der Waals surface area contributed by atoms with Crippen LogP contribution >= 0.6 is 0 Å². The Labute approximate surface area is 136 Å². The topological polar surface area (TPSA) is 30.3 Å². The molecular formula is C18H24FN3O. The molecule has 0 radical (unpaired) electrons. The molecule has 3 rings (SSSR count). The average molecular weight is 317 g/mol. The highest BCUT2D eigenvalue weighted by Crippen LogP contribution is 2.27. The lowest BCUT2D eigenvalue weighted by atomic mass is 9.91. The minimum Gasteiger partial charge on any atom is -0.379 e. The maximum Gasteiger partial charge on any atom is 0.125 e. The van der Waals surface area contributed by atoms with Crippen molar-refractivity contribution in [1.82, 2.24) is 14.5 Å². The van der Waals surface area contributed by atoms with E-state index in [1.165, 1.54) is 6.07 Å². The highest BCUT2D eigenvalue weighted by Gasteiger charge is 2.29. The molecule has 0 N–H and O–H groups in total. The first-order chi connectivity index (χ1) is 11.0. The van der Waals surface area contributed by atoms with Gasteiger partial charge in [0.2, 0.25) is 0 Å². The average Bonchev–Trinajstić information content (AvgIpc) is 3.00. The molecule has 1 saturated heterocycles. The molecule has 0 aliphatic carbocycles. The maximum atomic E-state index is 13.7. The summed E-state index contributed by atoms with van der Waals surface area (Å²) in [7, 11) is 0. The van der Waals surface area contributed by atoms with E-state index in [0.717, 1.165) is 49.9 Å². The summed E-state index contributed by atoms with van der Waals surface area (Å²) in [4.78, 5) is 6.99. The van der Waals surface area contributed by atoms with Crippen LogP contribution in [0.5, 0.6) is 0 Å². The van der Waals surface area contributed by atoms with E-state index in [1.54, 1.807) is 12.3 Å². The van der Waals surface area contributed by atoms with Crippen molar-refractivity contribution in [2.75, 3.05) is 32.8 Å². The fourth-order valence-corrected chi connectivity index (χ4v) is 3.23. The molecular weight excluding hydrogens is 293 g/mol. The fourth-order valence-electron chi connectivity index (χ4n) is 3.23. The van der Waals surface area contributed by atoms with Gasteiger partial charge in [0.25, 0.3) is 0 Å². The number of hydrogen-bond donors (Lipinski definition) is 0. The van der Waals surface area contributed by atoms with Crippen LogP contribution in [0.3, 0.4) is 0 Å². The van der Waals surface area contributed by atoms with Gasteiger partial charge in [-0.15, -0.1) is 0 Å². The molecule has 124 valence electrons. The molecule has 1 aromatic heterocycles. The monoisotopic (exact) mass is 317 g/mol. The van der Waals surface area contributed by atoms with Crippen LogP contribution in [0.25, 0.3) is 5.69 Å². The summed E-state index contributed by atoms with van der Waals surface area (Å²) in [5.41, 5.74) is 1.75. The Hall–Kier alpha value is -1.72. The molecule has 2 aromatic rings. The number of hydrogen-bond acceptors (Lipinski definition) is 3. The summed E-state index contributed by atoms with van der Waals surface area (Å²) in [6.07, 6.45) is 3.71. The number of aromatic nitrogens is 2. The summed E-state index contributed by atoms with van der Waals surface area (Å²) in [6.45, 7) is 10.7. The van der Waals surface area contributed by atoms with Gasteiger partial charge >= 0.3 is 0 Å². The van der Waals surface area contributed by atoms with E-state index < -0.39 is 0 Å². The summed E-state index contributed by atoms with van der Waals surface area (Å²) >= 11 is 0. The van der Waals surface area contributed by atoms with Crippen molar-refractivity contribution in [2.45, 2.75) is 26.2 Å². The number of nitrogens with zero attached hydrogens (tertiary/aromatic N) is 3. The minimum absolute atomic E-state index is 0.139. The van der Waals surface area contributed by atoms with Gasteiger partial charge in [-0.1, -0.05) is 19.9 Å². The summed E-state index contributed by atoms with van der Waals surface area (Å²) < 4.78 is 21.1. The number of rotatable bonds is 4. The zero-order chi connectivity index (χ0) is 16.4. The Morgan fingerprint density at radius 1 is 1.26 bits per heavy atom. The van der Waals surface area contributed by atoms with Gasteiger partial charge in [0.05, 0.1) is 18.9 Å². The third-order valence-electron chi connectivity index (χ3n) is 4.40. The molecule has 0 amide bonds. The van der Waals surface area contributed by atoms with Crippen LogP contribution in [-0.2, 0) is 10.2 Å². The highest BCUT2D eigenvalue weighted by atomic mass is 19.1. The standard InChI is InChI=1S/C18H24FN3O/c1-14-4-5-15(19)12-16(14)22-7-6-20-17(22)18(2,3)13-21-8-10-23-11-9-21/h4-7,12H,8-11,13H2,1-3H3. The van der Waals surface area contributed by atoms with Crippen LogP contribution in [0.1, 0.15) is 25.2 Å². The van der Waals surface area contributed by atoms with Crippen molar-refractivity contribution in [2.24, 2.45) is 0 Å². The van der Waals surface area contributed by atoms with Crippen molar-refractivity contribution < 1.29 is 9.13 Å². The lowest BCUT2D eigenvalue weighted by Gasteiger charge is -2.34. The molecule has 1 fully saturated rings. The summed E-state index contributed by atoms with van der Waals surface area (Å²) in [5.74, 6) is 0.730. The molecule has 1 aliphatic heterocycles. The number of morpholine rings is 1. The van der Waals surface area contributed by atoms with Crippen LogP contribution in [0.15, 0.2) is 30.6 Å². The van der Waals surface area contributed by atoms with Gasteiger partial charge in [0.15, 0.2) is 0 Å². The van der Waals surface area contributed by atoms with Crippen molar-refractivity contribution in [3.05, 3.63) is 47.8 Å². The van der Waals surface area contributed by atoms with Crippen LogP contribution in [0.2, 0.25) is 0 Å². The molecule has 5 heteroatoms. The van der Waals surface area contributed by atoms with Crippen LogP contribution in [0, 0.1) is 12.7 Å². The smallest absolute Gasteiger partial charge is 0.125 e. The van der Waals surface area contributed by atoms with Crippen molar-refractivity contribution >= 4 is 0 Å². The maximum absolute atomic E-state index is 13.7. The Bertz CT molecular complexity index is 675. The van der Waals surface area contributed by atoms with Gasteiger partial charge in [0.1, 0.15) is 11.6 Å². The normalized spacial score (nSPS) is 16.7. The first-order valence-electron chi connectivity index (χ1n) is 8.08. The highest BCUT2D eigenvalue weighted by molar-refractivity contribution is 5.42.